The Hall–Kier alpha value is -2.54. The number of piperidine rings is 1. The number of hydrogen-bond acceptors (Lipinski definition) is 4. The van der Waals surface area contributed by atoms with Crippen molar-refractivity contribution in [2.24, 2.45) is 5.92 Å². The van der Waals surface area contributed by atoms with Crippen LogP contribution in [0.1, 0.15) is 57.7 Å². The van der Waals surface area contributed by atoms with Gasteiger partial charge in [0.1, 0.15) is 5.92 Å². The highest BCUT2D eigenvalue weighted by Crippen LogP contribution is 2.41. The summed E-state index contributed by atoms with van der Waals surface area (Å²) in [6.07, 6.45) is 1.93. The molecule has 1 aromatic carbocycles. The second-order valence-electron chi connectivity index (χ2n) is 10.6. The van der Waals surface area contributed by atoms with Crippen molar-refractivity contribution in [3.63, 3.8) is 0 Å². The first-order valence-electron chi connectivity index (χ1n) is 12.2. The van der Waals surface area contributed by atoms with Gasteiger partial charge in [0.15, 0.2) is 0 Å². The summed E-state index contributed by atoms with van der Waals surface area (Å²) in [5.41, 5.74) is 2.70. The van der Waals surface area contributed by atoms with E-state index in [1.807, 2.05) is 48.9 Å². The molecular weight excluding hydrogens is 416 g/mol. The molecule has 7 nitrogen and oxygen atoms in total. The molecule has 7 heteroatoms. The number of rotatable bonds is 4. The standard InChI is InChI=1S/C26H38N4O3/c1-17(2)33-24(31)20-15-30(25(32)29-12-8-9-18(14-29)13-27-5)16-26(3,4)22-19-10-6-7-11-21(19)28-23(20)22/h6-7,10-11,17-18,20,27-28H,8-9,12-16H2,1-5H3. The SMILES string of the molecule is CNCC1CCCN(C(=O)N2CC(C(=O)OC(C)C)c3[nH]c4ccccc4c3C(C)(C)C2)C1. The number of urea groups is 1. The topological polar surface area (TPSA) is 77.7 Å². The van der Waals surface area contributed by atoms with Crippen LogP contribution in [0.3, 0.4) is 0 Å². The molecule has 33 heavy (non-hydrogen) atoms. The van der Waals surface area contributed by atoms with Gasteiger partial charge < -0.3 is 24.8 Å². The minimum absolute atomic E-state index is 0.0284. The molecule has 2 unspecified atom stereocenters. The minimum Gasteiger partial charge on any atom is -0.462 e. The molecule has 1 saturated heterocycles. The maximum absolute atomic E-state index is 13.7. The van der Waals surface area contributed by atoms with Gasteiger partial charge in [-0.1, -0.05) is 32.0 Å². The molecule has 2 aromatic rings. The summed E-state index contributed by atoms with van der Waals surface area (Å²) in [7, 11) is 1.96. The van der Waals surface area contributed by atoms with Gasteiger partial charge in [-0.05, 0) is 57.8 Å². The van der Waals surface area contributed by atoms with Crippen molar-refractivity contribution in [1.82, 2.24) is 20.1 Å². The van der Waals surface area contributed by atoms with Gasteiger partial charge in [-0.15, -0.1) is 0 Å². The molecule has 0 saturated carbocycles. The van der Waals surface area contributed by atoms with Gasteiger partial charge in [-0.2, -0.15) is 0 Å². The van der Waals surface area contributed by atoms with Gasteiger partial charge in [0, 0.05) is 48.2 Å². The number of amides is 2. The maximum Gasteiger partial charge on any atom is 0.320 e. The first kappa shape index (κ1) is 23.6. The van der Waals surface area contributed by atoms with Crippen LogP contribution in [0, 0.1) is 5.92 Å². The Bertz CT molecular complexity index is 1010. The van der Waals surface area contributed by atoms with Crippen LogP contribution >= 0.6 is 0 Å². The molecule has 0 bridgehead atoms. The van der Waals surface area contributed by atoms with Crippen LogP contribution in [0.4, 0.5) is 4.79 Å². The van der Waals surface area contributed by atoms with Crippen LogP contribution in [-0.2, 0) is 14.9 Å². The van der Waals surface area contributed by atoms with E-state index >= 15 is 0 Å². The summed E-state index contributed by atoms with van der Waals surface area (Å²) in [5, 5.41) is 4.36. The number of nitrogens with one attached hydrogen (secondary N) is 2. The summed E-state index contributed by atoms with van der Waals surface area (Å²) in [4.78, 5) is 34.4. The number of fused-ring (bicyclic) bond motifs is 3. The van der Waals surface area contributed by atoms with Crippen molar-refractivity contribution in [3.8, 4) is 0 Å². The van der Waals surface area contributed by atoms with E-state index in [0.717, 1.165) is 54.6 Å². The quantitative estimate of drug-likeness (QED) is 0.688. The fourth-order valence-corrected chi connectivity index (χ4v) is 5.63. The van der Waals surface area contributed by atoms with Crippen molar-refractivity contribution in [1.29, 1.82) is 0 Å². The molecule has 1 aromatic heterocycles. The van der Waals surface area contributed by atoms with Crippen molar-refractivity contribution < 1.29 is 14.3 Å². The summed E-state index contributed by atoms with van der Waals surface area (Å²) >= 11 is 0. The number of aromatic nitrogens is 1. The van der Waals surface area contributed by atoms with Gasteiger partial charge in [0.25, 0.3) is 0 Å². The molecule has 0 spiro atoms. The highest BCUT2D eigenvalue weighted by molar-refractivity contribution is 5.90. The highest BCUT2D eigenvalue weighted by Gasteiger charge is 2.42. The fourth-order valence-electron chi connectivity index (χ4n) is 5.63. The molecule has 3 heterocycles. The van der Waals surface area contributed by atoms with Crippen LogP contribution in [0.5, 0.6) is 0 Å². The van der Waals surface area contributed by atoms with E-state index in [-0.39, 0.29) is 23.5 Å². The minimum atomic E-state index is -0.543. The van der Waals surface area contributed by atoms with Crippen LogP contribution in [-0.4, -0.2) is 72.7 Å². The van der Waals surface area contributed by atoms with Crippen molar-refractivity contribution in [2.45, 2.75) is 58.0 Å². The number of benzene rings is 1. The maximum atomic E-state index is 13.7. The molecule has 2 aliphatic rings. The predicted molar refractivity (Wildman–Crippen MR) is 130 cm³/mol. The van der Waals surface area contributed by atoms with E-state index in [4.69, 9.17) is 4.74 Å². The third-order valence-corrected chi connectivity index (χ3v) is 6.94. The molecule has 180 valence electrons. The third-order valence-electron chi connectivity index (χ3n) is 6.94. The zero-order valence-corrected chi connectivity index (χ0v) is 20.6. The van der Waals surface area contributed by atoms with Crippen LogP contribution in [0.15, 0.2) is 24.3 Å². The second kappa shape index (κ2) is 9.37. The van der Waals surface area contributed by atoms with Crippen molar-refractivity contribution in [3.05, 3.63) is 35.5 Å². The number of para-hydroxylation sites is 1. The highest BCUT2D eigenvalue weighted by atomic mass is 16.5. The third kappa shape index (κ3) is 4.74. The summed E-state index contributed by atoms with van der Waals surface area (Å²) in [6.45, 7) is 11.4. The molecule has 2 N–H and O–H groups in total. The first-order chi connectivity index (χ1) is 15.7. The van der Waals surface area contributed by atoms with E-state index < -0.39 is 5.92 Å². The van der Waals surface area contributed by atoms with Gasteiger partial charge in [-0.3, -0.25) is 4.79 Å². The van der Waals surface area contributed by atoms with Gasteiger partial charge >= 0.3 is 12.0 Å². The molecule has 0 aliphatic carbocycles. The van der Waals surface area contributed by atoms with Gasteiger partial charge in [0.2, 0.25) is 0 Å². The number of esters is 1. The van der Waals surface area contributed by atoms with E-state index in [9.17, 15) is 9.59 Å². The number of nitrogens with zero attached hydrogens (tertiary/aromatic N) is 2. The van der Waals surface area contributed by atoms with Crippen LogP contribution in [0.25, 0.3) is 10.9 Å². The lowest BCUT2D eigenvalue weighted by Gasteiger charge is -2.38. The zero-order chi connectivity index (χ0) is 23.8. The number of ether oxygens (including phenoxy) is 1. The molecular formula is C26H38N4O3. The Morgan fingerprint density at radius 3 is 2.70 bits per heavy atom. The molecule has 2 aliphatic heterocycles. The molecule has 2 atom stereocenters. The Morgan fingerprint density at radius 1 is 1.21 bits per heavy atom. The van der Waals surface area contributed by atoms with E-state index in [1.54, 1.807) is 0 Å². The first-order valence-corrected chi connectivity index (χ1v) is 12.2. The lowest BCUT2D eigenvalue weighted by atomic mass is 9.81. The number of carbonyl (C=O) groups is 2. The van der Waals surface area contributed by atoms with Gasteiger partial charge in [0.05, 0.1) is 6.10 Å². The zero-order valence-electron chi connectivity index (χ0n) is 20.6. The Morgan fingerprint density at radius 2 is 1.97 bits per heavy atom. The lowest BCUT2D eigenvalue weighted by molar-refractivity contribution is -0.149. The summed E-state index contributed by atoms with van der Waals surface area (Å²) in [5.74, 6) is -0.357. The average molecular weight is 455 g/mol. The summed E-state index contributed by atoms with van der Waals surface area (Å²) in [6, 6.07) is 8.20. The number of H-pyrrole nitrogens is 1. The Kier molecular flexibility index (Phi) is 6.71. The second-order valence-corrected chi connectivity index (χ2v) is 10.6. The number of hydrogen-bond donors (Lipinski definition) is 2. The Balaban J connectivity index is 1.71. The molecule has 1 fully saturated rings. The van der Waals surface area contributed by atoms with Crippen molar-refractivity contribution in [2.75, 3.05) is 39.8 Å². The Labute approximate surface area is 196 Å². The average Bonchev–Trinajstić information content (AvgIpc) is 3.11. The lowest BCUT2D eigenvalue weighted by Crippen LogP contribution is -2.51. The molecule has 0 radical (unpaired) electrons. The van der Waals surface area contributed by atoms with E-state index in [1.165, 1.54) is 0 Å². The monoisotopic (exact) mass is 454 g/mol. The summed E-state index contributed by atoms with van der Waals surface area (Å²) < 4.78 is 5.67. The van der Waals surface area contributed by atoms with Crippen molar-refractivity contribution >= 4 is 22.9 Å². The largest absolute Gasteiger partial charge is 0.462 e. The number of carbonyl (C=O) groups excluding carboxylic acids is 2. The van der Waals surface area contributed by atoms with E-state index in [0.29, 0.717) is 19.0 Å². The number of likely N-dealkylation sites (tertiary alicyclic amines) is 1. The van der Waals surface area contributed by atoms with Crippen LogP contribution < -0.4 is 5.32 Å². The fraction of sp³-hybridized carbons (Fsp3) is 0.615. The smallest absolute Gasteiger partial charge is 0.320 e. The molecule has 2 amide bonds. The molecule has 4 rings (SSSR count). The number of aromatic amines is 1. The van der Waals surface area contributed by atoms with Gasteiger partial charge in [-0.25, -0.2) is 4.79 Å². The van der Waals surface area contributed by atoms with E-state index in [2.05, 4.69) is 30.2 Å². The predicted octanol–water partition coefficient (Wildman–Crippen LogP) is 3.85. The normalized spacial score (nSPS) is 22.8. The van der Waals surface area contributed by atoms with Crippen LogP contribution in [0.2, 0.25) is 0 Å².